The van der Waals surface area contributed by atoms with Crippen LogP contribution in [0.25, 0.3) is 15.9 Å². The van der Waals surface area contributed by atoms with Gasteiger partial charge in [0.05, 0.1) is 17.3 Å². The number of benzene rings is 1. The quantitative estimate of drug-likeness (QED) is 0.621. The Labute approximate surface area is 186 Å². The van der Waals surface area contributed by atoms with Gasteiger partial charge < -0.3 is 14.7 Å². The number of fused-ring (bicyclic) bond motifs is 3. The van der Waals surface area contributed by atoms with Crippen LogP contribution in [-0.4, -0.2) is 44.8 Å². The van der Waals surface area contributed by atoms with E-state index in [1.54, 1.807) is 10.9 Å². The molecule has 2 aromatic heterocycles. The van der Waals surface area contributed by atoms with E-state index >= 15 is 0 Å². The van der Waals surface area contributed by atoms with E-state index in [4.69, 9.17) is 4.74 Å². The van der Waals surface area contributed by atoms with Crippen molar-refractivity contribution in [2.45, 2.75) is 69.7 Å². The highest BCUT2D eigenvalue weighted by Gasteiger charge is 2.39. The number of nitrogens with zero attached hydrogens (tertiary/aromatic N) is 3. The third kappa shape index (κ3) is 3.90. The Kier molecular flexibility index (Phi) is 5.58. The Morgan fingerprint density at radius 3 is 2.61 bits per heavy atom. The average molecular weight is 440 g/mol. The molecule has 4 heterocycles. The maximum atomic E-state index is 13.1. The lowest BCUT2D eigenvalue weighted by molar-refractivity contribution is 0.0662. The van der Waals surface area contributed by atoms with E-state index in [9.17, 15) is 9.90 Å². The molecule has 3 aromatic rings. The predicted octanol–water partition coefficient (Wildman–Crippen LogP) is 4.28. The van der Waals surface area contributed by atoms with Gasteiger partial charge in [-0.15, -0.1) is 11.3 Å². The Hall–Kier alpha value is -2.22. The molecule has 5 rings (SSSR count). The summed E-state index contributed by atoms with van der Waals surface area (Å²) in [6.07, 6.45) is 7.58. The number of hydrogen-bond donors (Lipinski definition) is 1. The zero-order valence-electron chi connectivity index (χ0n) is 18.0. The summed E-state index contributed by atoms with van der Waals surface area (Å²) in [5, 5.41) is 10.3. The highest BCUT2D eigenvalue weighted by molar-refractivity contribution is 7.19. The molecule has 0 spiro atoms. The summed E-state index contributed by atoms with van der Waals surface area (Å²) in [4.78, 5) is 20.8. The lowest BCUT2D eigenvalue weighted by Gasteiger charge is -2.36. The highest BCUT2D eigenvalue weighted by atomic mass is 32.1. The molecule has 0 radical (unpaired) electrons. The van der Waals surface area contributed by atoms with E-state index in [-0.39, 0.29) is 11.7 Å². The van der Waals surface area contributed by atoms with E-state index in [1.165, 1.54) is 24.2 Å². The molecule has 2 fully saturated rings. The minimum atomic E-state index is -0.539. The SMILES string of the molecule is CCCC(O)c1cc2ncn(-c3ccc(OC4C[C@H]5CC[C@@H](C4)N5C)cc3)c(=O)c2s1. The molecule has 0 saturated carbocycles. The molecular formula is C24H29N3O3S. The zero-order valence-corrected chi connectivity index (χ0v) is 18.8. The van der Waals surface area contributed by atoms with Crippen LogP contribution in [0.5, 0.6) is 5.75 Å². The van der Waals surface area contributed by atoms with Gasteiger partial charge in [0, 0.05) is 17.0 Å². The first-order chi connectivity index (χ1) is 15.0. The number of aliphatic hydroxyl groups excluding tert-OH is 1. The molecule has 0 aliphatic carbocycles. The summed E-state index contributed by atoms with van der Waals surface area (Å²) in [7, 11) is 2.23. The fraction of sp³-hybridized carbons (Fsp3) is 0.500. The minimum absolute atomic E-state index is 0.106. The van der Waals surface area contributed by atoms with E-state index in [1.807, 2.05) is 37.3 Å². The van der Waals surface area contributed by atoms with Gasteiger partial charge in [-0.25, -0.2) is 4.98 Å². The third-order valence-electron chi connectivity index (χ3n) is 6.82. The van der Waals surface area contributed by atoms with Crippen LogP contribution in [0.1, 0.15) is 56.4 Å². The molecule has 1 aromatic carbocycles. The largest absolute Gasteiger partial charge is 0.490 e. The number of thiophene rings is 1. The summed E-state index contributed by atoms with van der Waals surface area (Å²) >= 11 is 1.34. The van der Waals surface area contributed by atoms with Crippen LogP contribution >= 0.6 is 11.3 Å². The molecule has 2 saturated heterocycles. The molecule has 4 atom stereocenters. The number of piperidine rings is 1. The number of rotatable bonds is 6. The standard InChI is InChI=1S/C24H29N3O3S/c1-3-4-21(28)22-13-20-23(31-22)24(29)27(14-25-20)15-7-9-18(10-8-15)30-19-11-16-5-6-17(12-19)26(16)2/h7-10,13-14,16-17,19,21,28H,3-6,11-12H2,1-2H3/t16-,17+,19?,21?. The molecule has 164 valence electrons. The summed E-state index contributed by atoms with van der Waals surface area (Å²) in [6.45, 7) is 2.03. The smallest absolute Gasteiger partial charge is 0.275 e. The van der Waals surface area contributed by atoms with Gasteiger partial charge in [0.2, 0.25) is 0 Å². The first-order valence-electron chi connectivity index (χ1n) is 11.2. The number of hydrogen-bond acceptors (Lipinski definition) is 6. The summed E-state index contributed by atoms with van der Waals surface area (Å²) in [5.74, 6) is 0.848. The van der Waals surface area contributed by atoms with Crippen LogP contribution in [-0.2, 0) is 0 Å². The molecule has 2 unspecified atom stereocenters. The fourth-order valence-corrected chi connectivity index (χ4v) is 6.09. The van der Waals surface area contributed by atoms with Crippen LogP contribution in [0, 0.1) is 0 Å². The second-order valence-corrected chi connectivity index (χ2v) is 9.93. The first kappa shape index (κ1) is 20.7. The monoisotopic (exact) mass is 439 g/mol. The van der Waals surface area contributed by atoms with Gasteiger partial charge in [0.1, 0.15) is 22.9 Å². The molecule has 0 amide bonds. The van der Waals surface area contributed by atoms with Crippen molar-refractivity contribution >= 4 is 21.6 Å². The lowest BCUT2D eigenvalue weighted by atomic mass is 10.0. The van der Waals surface area contributed by atoms with E-state index in [0.29, 0.717) is 28.7 Å². The third-order valence-corrected chi connectivity index (χ3v) is 8.03. The molecule has 2 bridgehead atoms. The van der Waals surface area contributed by atoms with Crippen molar-refractivity contribution in [2.24, 2.45) is 0 Å². The van der Waals surface area contributed by atoms with Gasteiger partial charge in [0.25, 0.3) is 5.56 Å². The minimum Gasteiger partial charge on any atom is -0.490 e. The van der Waals surface area contributed by atoms with Crippen molar-refractivity contribution in [1.29, 1.82) is 0 Å². The van der Waals surface area contributed by atoms with Gasteiger partial charge in [0.15, 0.2) is 0 Å². The van der Waals surface area contributed by atoms with Gasteiger partial charge in [-0.3, -0.25) is 9.36 Å². The normalized spacial score (nSPS) is 24.5. The molecule has 2 aliphatic heterocycles. The van der Waals surface area contributed by atoms with Gasteiger partial charge in [-0.05, 0) is 69.5 Å². The maximum Gasteiger partial charge on any atom is 0.275 e. The van der Waals surface area contributed by atoms with Crippen molar-refractivity contribution in [2.75, 3.05) is 7.05 Å². The number of aromatic nitrogens is 2. The Bertz CT molecular complexity index is 1110. The topological polar surface area (TPSA) is 67.6 Å². The summed E-state index contributed by atoms with van der Waals surface area (Å²) < 4.78 is 8.42. The van der Waals surface area contributed by atoms with Crippen LogP contribution in [0.2, 0.25) is 0 Å². The van der Waals surface area contributed by atoms with Crippen molar-refractivity contribution in [3.63, 3.8) is 0 Å². The van der Waals surface area contributed by atoms with Gasteiger partial charge in [-0.2, -0.15) is 0 Å². The van der Waals surface area contributed by atoms with Crippen LogP contribution in [0.3, 0.4) is 0 Å². The second-order valence-electron chi connectivity index (χ2n) is 8.84. The Morgan fingerprint density at radius 2 is 1.94 bits per heavy atom. The van der Waals surface area contributed by atoms with Crippen molar-refractivity contribution in [1.82, 2.24) is 14.5 Å². The van der Waals surface area contributed by atoms with Gasteiger partial charge in [-0.1, -0.05) is 13.3 Å². The zero-order chi connectivity index (χ0) is 21.5. The molecule has 31 heavy (non-hydrogen) atoms. The van der Waals surface area contributed by atoms with Crippen molar-refractivity contribution in [3.05, 3.63) is 51.9 Å². The second kappa shape index (κ2) is 8.37. The van der Waals surface area contributed by atoms with Crippen molar-refractivity contribution in [3.8, 4) is 11.4 Å². The number of ether oxygens (including phenoxy) is 1. The molecule has 2 aliphatic rings. The van der Waals surface area contributed by atoms with E-state index < -0.39 is 6.10 Å². The average Bonchev–Trinajstić information content (AvgIpc) is 3.27. The van der Waals surface area contributed by atoms with Crippen LogP contribution in [0.4, 0.5) is 0 Å². The summed E-state index contributed by atoms with van der Waals surface area (Å²) in [6, 6.07) is 10.8. The Morgan fingerprint density at radius 1 is 1.23 bits per heavy atom. The predicted molar refractivity (Wildman–Crippen MR) is 123 cm³/mol. The fourth-order valence-electron chi connectivity index (χ4n) is 5.03. The lowest BCUT2D eigenvalue weighted by Crippen LogP contribution is -2.43. The van der Waals surface area contributed by atoms with E-state index in [2.05, 4.69) is 16.9 Å². The molecule has 7 heteroatoms. The Balaban J connectivity index is 1.34. The molecule has 1 N–H and O–H groups in total. The number of aliphatic hydroxyl groups is 1. The van der Waals surface area contributed by atoms with Crippen LogP contribution in [0.15, 0.2) is 41.5 Å². The molecule has 6 nitrogen and oxygen atoms in total. The van der Waals surface area contributed by atoms with Crippen molar-refractivity contribution < 1.29 is 9.84 Å². The van der Waals surface area contributed by atoms with E-state index in [0.717, 1.165) is 35.6 Å². The maximum absolute atomic E-state index is 13.1. The van der Waals surface area contributed by atoms with Crippen LogP contribution < -0.4 is 10.3 Å². The van der Waals surface area contributed by atoms with Gasteiger partial charge >= 0.3 is 0 Å². The molecular weight excluding hydrogens is 410 g/mol. The summed E-state index contributed by atoms with van der Waals surface area (Å²) in [5.41, 5.74) is 1.30. The first-order valence-corrected chi connectivity index (χ1v) is 12.0. The highest BCUT2D eigenvalue weighted by Crippen LogP contribution is 2.36.